The molecule has 0 aliphatic rings. The number of likely N-dealkylation sites (N-methyl/N-ethyl adjacent to an activating group) is 1. The van der Waals surface area contributed by atoms with Gasteiger partial charge in [0.25, 0.3) is 5.91 Å². The van der Waals surface area contributed by atoms with Crippen molar-refractivity contribution in [3.05, 3.63) is 64.7 Å². The van der Waals surface area contributed by atoms with Gasteiger partial charge in [-0.05, 0) is 65.2 Å². The molecule has 0 aliphatic heterocycles. The predicted molar refractivity (Wildman–Crippen MR) is 130 cm³/mol. The molecular weight excluding hydrogens is 418 g/mol. The fourth-order valence-corrected chi connectivity index (χ4v) is 3.48. The number of anilines is 1. The monoisotopic (exact) mass is 453 g/mol. The lowest BCUT2D eigenvalue weighted by molar-refractivity contribution is -0.138. The summed E-state index contributed by atoms with van der Waals surface area (Å²) in [5.41, 5.74) is 3.61. The third kappa shape index (κ3) is 7.07. The molecular formula is C26H35N3O4. The van der Waals surface area contributed by atoms with Crippen molar-refractivity contribution >= 4 is 23.6 Å². The average Bonchev–Trinajstić information content (AvgIpc) is 2.70. The topological polar surface area (TPSA) is 87.7 Å². The minimum atomic E-state index is -0.889. The molecule has 3 amide bonds. The van der Waals surface area contributed by atoms with Gasteiger partial charge in [0.15, 0.2) is 0 Å². The zero-order valence-electron chi connectivity index (χ0n) is 20.8. The fourth-order valence-electron chi connectivity index (χ4n) is 3.48. The van der Waals surface area contributed by atoms with E-state index in [4.69, 9.17) is 4.74 Å². The molecule has 2 aromatic rings. The highest BCUT2D eigenvalue weighted by Gasteiger charge is 2.32. The quantitative estimate of drug-likeness (QED) is 0.666. The molecule has 0 spiro atoms. The highest BCUT2D eigenvalue weighted by atomic mass is 16.6. The van der Waals surface area contributed by atoms with Crippen molar-refractivity contribution in [3.63, 3.8) is 0 Å². The van der Waals surface area contributed by atoms with E-state index < -0.39 is 29.7 Å². The Kier molecular flexibility index (Phi) is 8.25. The molecule has 33 heavy (non-hydrogen) atoms. The minimum absolute atomic E-state index is 0.337. The first-order valence-corrected chi connectivity index (χ1v) is 11.0. The van der Waals surface area contributed by atoms with Crippen molar-refractivity contribution in [2.75, 3.05) is 12.4 Å². The van der Waals surface area contributed by atoms with Crippen LogP contribution in [0.5, 0.6) is 0 Å². The molecule has 0 fully saturated rings. The first kappa shape index (κ1) is 25.9. The molecule has 0 radical (unpaired) electrons. The van der Waals surface area contributed by atoms with Crippen LogP contribution in [0.1, 0.15) is 56.0 Å². The van der Waals surface area contributed by atoms with Gasteiger partial charge in [0.1, 0.15) is 17.7 Å². The van der Waals surface area contributed by atoms with E-state index >= 15 is 0 Å². The van der Waals surface area contributed by atoms with Gasteiger partial charge in [-0.15, -0.1) is 0 Å². The average molecular weight is 454 g/mol. The van der Waals surface area contributed by atoms with Crippen molar-refractivity contribution < 1.29 is 19.1 Å². The third-order valence-corrected chi connectivity index (χ3v) is 5.21. The molecule has 0 heterocycles. The summed E-state index contributed by atoms with van der Waals surface area (Å²) < 4.78 is 5.25. The Balaban J connectivity index is 2.31. The Labute approximate surface area is 196 Å². The predicted octanol–water partition coefficient (Wildman–Crippen LogP) is 4.66. The second kappa shape index (κ2) is 10.5. The van der Waals surface area contributed by atoms with Crippen LogP contribution < -0.4 is 10.6 Å². The number of alkyl carbamates (subject to hydrolysis) is 1. The largest absolute Gasteiger partial charge is 0.444 e. The maximum absolute atomic E-state index is 13.5. The van der Waals surface area contributed by atoms with Crippen molar-refractivity contribution in [3.8, 4) is 0 Å². The van der Waals surface area contributed by atoms with E-state index in [2.05, 4.69) is 10.6 Å². The third-order valence-electron chi connectivity index (χ3n) is 5.21. The smallest absolute Gasteiger partial charge is 0.408 e. The molecule has 7 nitrogen and oxygen atoms in total. The number of ether oxygens (including phenoxy) is 1. The van der Waals surface area contributed by atoms with Gasteiger partial charge in [0, 0.05) is 12.7 Å². The van der Waals surface area contributed by atoms with Crippen LogP contribution in [0.25, 0.3) is 0 Å². The zero-order valence-corrected chi connectivity index (χ0v) is 20.8. The van der Waals surface area contributed by atoms with Gasteiger partial charge in [-0.3, -0.25) is 9.59 Å². The highest BCUT2D eigenvalue weighted by Crippen LogP contribution is 2.26. The second-order valence-electron chi connectivity index (χ2n) is 9.39. The fraction of sp³-hybridized carbons (Fsp3) is 0.423. The van der Waals surface area contributed by atoms with Crippen LogP contribution in [0.2, 0.25) is 0 Å². The lowest BCUT2D eigenvalue weighted by Gasteiger charge is -2.31. The van der Waals surface area contributed by atoms with E-state index in [1.54, 1.807) is 34.7 Å². The van der Waals surface area contributed by atoms with E-state index in [1.807, 2.05) is 63.2 Å². The minimum Gasteiger partial charge on any atom is -0.444 e. The second-order valence-corrected chi connectivity index (χ2v) is 9.39. The van der Waals surface area contributed by atoms with Gasteiger partial charge in [-0.2, -0.15) is 0 Å². The number of benzene rings is 2. The molecule has 2 rings (SSSR count). The van der Waals surface area contributed by atoms with E-state index in [-0.39, 0.29) is 5.91 Å². The van der Waals surface area contributed by atoms with E-state index in [0.29, 0.717) is 5.56 Å². The number of amides is 3. The molecule has 2 aromatic carbocycles. The molecule has 0 aromatic heterocycles. The Morgan fingerprint density at radius 3 is 2.00 bits per heavy atom. The van der Waals surface area contributed by atoms with Crippen LogP contribution in [-0.4, -0.2) is 41.5 Å². The van der Waals surface area contributed by atoms with Crippen molar-refractivity contribution in [1.82, 2.24) is 10.2 Å². The van der Waals surface area contributed by atoms with Gasteiger partial charge in [-0.25, -0.2) is 4.79 Å². The van der Waals surface area contributed by atoms with Crippen molar-refractivity contribution in [2.24, 2.45) is 0 Å². The van der Waals surface area contributed by atoms with Gasteiger partial charge in [-0.1, -0.05) is 48.0 Å². The summed E-state index contributed by atoms with van der Waals surface area (Å²) in [4.78, 5) is 40.2. The van der Waals surface area contributed by atoms with Crippen LogP contribution in [-0.2, 0) is 14.3 Å². The highest BCUT2D eigenvalue weighted by molar-refractivity contribution is 5.99. The van der Waals surface area contributed by atoms with Gasteiger partial charge in [0.2, 0.25) is 5.91 Å². The summed E-state index contributed by atoms with van der Waals surface area (Å²) in [5, 5.41) is 5.55. The number of carbonyl (C=O) groups excluding carboxylic acids is 3. The lowest BCUT2D eigenvalue weighted by atomic mass is 10.0. The number of aryl methyl sites for hydroxylation is 3. The van der Waals surface area contributed by atoms with Gasteiger partial charge in [0.05, 0.1) is 0 Å². The van der Waals surface area contributed by atoms with E-state index in [9.17, 15) is 14.4 Å². The Morgan fingerprint density at radius 2 is 1.48 bits per heavy atom. The molecule has 2 N–H and O–H groups in total. The van der Waals surface area contributed by atoms with Crippen molar-refractivity contribution in [2.45, 2.75) is 66.2 Å². The maximum Gasteiger partial charge on any atom is 0.408 e. The molecule has 0 aliphatic carbocycles. The number of hydrogen-bond donors (Lipinski definition) is 2. The van der Waals surface area contributed by atoms with Gasteiger partial charge < -0.3 is 20.3 Å². The Bertz CT molecular complexity index is 989. The SMILES string of the molecule is Cc1ccc(C(C(=O)Nc2c(C)cccc2C)N(C)C(=O)C(C)NC(=O)OC(C)(C)C)cc1. The van der Waals surface area contributed by atoms with Gasteiger partial charge >= 0.3 is 6.09 Å². The molecule has 2 atom stereocenters. The maximum atomic E-state index is 13.5. The van der Waals surface area contributed by atoms with Crippen LogP contribution >= 0.6 is 0 Å². The first-order chi connectivity index (χ1) is 15.3. The Hall–Kier alpha value is -3.35. The molecule has 0 saturated heterocycles. The number of para-hydroxylation sites is 1. The van der Waals surface area contributed by atoms with E-state index in [0.717, 1.165) is 22.4 Å². The normalized spacial score (nSPS) is 13.0. The molecule has 0 saturated carbocycles. The summed E-state index contributed by atoms with van der Waals surface area (Å²) >= 11 is 0. The number of hydrogen-bond acceptors (Lipinski definition) is 4. The molecule has 0 bridgehead atoms. The molecule has 7 heteroatoms. The van der Waals surface area contributed by atoms with E-state index in [1.165, 1.54) is 4.90 Å². The summed E-state index contributed by atoms with van der Waals surface area (Å²) in [6, 6.07) is 11.5. The van der Waals surface area contributed by atoms with Crippen LogP contribution in [0.15, 0.2) is 42.5 Å². The summed E-state index contributed by atoms with van der Waals surface area (Å²) in [7, 11) is 1.56. The number of carbonyl (C=O) groups is 3. The van der Waals surface area contributed by atoms with Crippen LogP contribution in [0.3, 0.4) is 0 Å². The number of nitrogens with one attached hydrogen (secondary N) is 2. The zero-order chi connectivity index (χ0) is 24.9. The molecule has 178 valence electrons. The lowest BCUT2D eigenvalue weighted by Crippen LogP contribution is -2.49. The first-order valence-electron chi connectivity index (χ1n) is 11.0. The van der Waals surface area contributed by atoms with Crippen molar-refractivity contribution in [1.29, 1.82) is 0 Å². The van der Waals surface area contributed by atoms with Crippen LogP contribution in [0, 0.1) is 20.8 Å². The number of nitrogens with zero attached hydrogens (tertiary/aromatic N) is 1. The summed E-state index contributed by atoms with van der Waals surface area (Å²) in [6.07, 6.45) is -0.691. The Morgan fingerprint density at radius 1 is 0.939 bits per heavy atom. The van der Waals surface area contributed by atoms with Crippen LogP contribution in [0.4, 0.5) is 10.5 Å². The molecule has 2 unspecified atom stereocenters. The number of rotatable bonds is 6. The standard InChI is InChI=1S/C26H35N3O4/c1-16-12-14-20(15-13-16)22(23(30)28-21-17(2)10-9-11-18(21)3)29(8)24(31)19(4)27-25(32)33-26(5,6)7/h9-15,19,22H,1-8H3,(H,27,32)(H,28,30). The summed E-state index contributed by atoms with van der Waals surface area (Å²) in [6.45, 7) is 12.6. The summed E-state index contributed by atoms with van der Waals surface area (Å²) in [5.74, 6) is -0.750.